The minimum atomic E-state index is -0.580. The normalized spacial score (nSPS) is 16.9. The van der Waals surface area contributed by atoms with E-state index in [2.05, 4.69) is 4.98 Å². The summed E-state index contributed by atoms with van der Waals surface area (Å²) in [5.41, 5.74) is 7.36. The average Bonchev–Trinajstić information content (AvgIpc) is 3.04. The second-order valence-electron chi connectivity index (χ2n) is 5.87. The van der Waals surface area contributed by atoms with E-state index in [0.717, 1.165) is 5.56 Å². The number of carbonyl (C=O) groups is 2. The van der Waals surface area contributed by atoms with E-state index in [4.69, 9.17) is 10.5 Å². The van der Waals surface area contributed by atoms with Crippen molar-refractivity contribution in [3.8, 4) is 5.88 Å². The van der Waals surface area contributed by atoms with Gasteiger partial charge < -0.3 is 15.4 Å². The van der Waals surface area contributed by atoms with Gasteiger partial charge in [-0.05, 0) is 31.2 Å². The lowest BCUT2D eigenvalue weighted by molar-refractivity contribution is 0.0769. The van der Waals surface area contributed by atoms with Crippen molar-refractivity contribution in [1.29, 1.82) is 0 Å². The Hall–Kier alpha value is -2.89. The van der Waals surface area contributed by atoms with Gasteiger partial charge in [0.1, 0.15) is 11.7 Å². The molecule has 24 heavy (non-hydrogen) atoms. The Morgan fingerprint density at radius 2 is 2.00 bits per heavy atom. The number of pyridine rings is 1. The molecule has 1 aliphatic rings. The van der Waals surface area contributed by atoms with E-state index in [1.54, 1.807) is 23.2 Å². The Labute approximate surface area is 140 Å². The van der Waals surface area contributed by atoms with Crippen LogP contribution >= 0.6 is 0 Å². The monoisotopic (exact) mass is 325 g/mol. The fourth-order valence-corrected chi connectivity index (χ4v) is 2.72. The lowest BCUT2D eigenvalue weighted by Gasteiger charge is -2.17. The quantitative estimate of drug-likeness (QED) is 0.928. The summed E-state index contributed by atoms with van der Waals surface area (Å²) in [5.74, 6) is -0.374. The highest BCUT2D eigenvalue weighted by atomic mass is 16.5. The summed E-state index contributed by atoms with van der Waals surface area (Å²) in [4.78, 5) is 29.8. The fraction of sp³-hybridized carbons (Fsp3) is 0.278. The molecule has 2 N–H and O–H groups in total. The standard InChI is InChI=1S/C18H19N3O3/c1-12-4-6-13(7-5-12)18(23)21-10-8-14(11-21)24-17-15(16(19)22)3-2-9-20-17/h2-7,9,14H,8,10-11H2,1H3,(H2,19,22). The molecule has 1 aromatic heterocycles. The number of hydrogen-bond acceptors (Lipinski definition) is 4. The minimum absolute atomic E-state index is 0.0164. The van der Waals surface area contributed by atoms with E-state index in [0.29, 0.717) is 25.1 Å². The number of ether oxygens (including phenoxy) is 1. The topological polar surface area (TPSA) is 85.5 Å². The second-order valence-corrected chi connectivity index (χ2v) is 5.87. The SMILES string of the molecule is Cc1ccc(C(=O)N2CCC(Oc3ncccc3C(N)=O)C2)cc1. The molecule has 6 heteroatoms. The zero-order valence-electron chi connectivity index (χ0n) is 13.4. The number of primary amides is 1. The van der Waals surface area contributed by atoms with E-state index in [1.807, 2.05) is 31.2 Å². The number of rotatable bonds is 4. The molecule has 0 spiro atoms. The molecule has 2 heterocycles. The number of aromatic nitrogens is 1. The predicted octanol–water partition coefficient (Wildman–Crippen LogP) is 1.78. The van der Waals surface area contributed by atoms with Crippen LogP contribution < -0.4 is 10.5 Å². The number of benzene rings is 1. The maximum absolute atomic E-state index is 12.5. The summed E-state index contributed by atoms with van der Waals surface area (Å²) < 4.78 is 5.80. The van der Waals surface area contributed by atoms with Gasteiger partial charge >= 0.3 is 0 Å². The molecule has 1 fully saturated rings. The van der Waals surface area contributed by atoms with Gasteiger partial charge in [-0.2, -0.15) is 0 Å². The highest BCUT2D eigenvalue weighted by Gasteiger charge is 2.29. The lowest BCUT2D eigenvalue weighted by atomic mass is 10.1. The Kier molecular flexibility index (Phi) is 4.46. The van der Waals surface area contributed by atoms with Crippen LogP contribution in [0.4, 0.5) is 0 Å². The van der Waals surface area contributed by atoms with Crippen LogP contribution in [-0.2, 0) is 0 Å². The summed E-state index contributed by atoms with van der Waals surface area (Å²) in [6.45, 7) is 3.05. The Bertz CT molecular complexity index is 758. The first-order chi connectivity index (χ1) is 11.5. The third-order valence-electron chi connectivity index (χ3n) is 4.05. The molecule has 124 valence electrons. The second kappa shape index (κ2) is 6.70. The smallest absolute Gasteiger partial charge is 0.254 e. The molecular weight excluding hydrogens is 306 g/mol. The molecule has 0 aliphatic carbocycles. The Morgan fingerprint density at radius 1 is 1.25 bits per heavy atom. The summed E-state index contributed by atoms with van der Waals surface area (Å²) in [6, 6.07) is 10.7. The van der Waals surface area contributed by atoms with Crippen molar-refractivity contribution in [1.82, 2.24) is 9.88 Å². The van der Waals surface area contributed by atoms with Crippen molar-refractivity contribution in [2.75, 3.05) is 13.1 Å². The van der Waals surface area contributed by atoms with Gasteiger partial charge in [-0.1, -0.05) is 17.7 Å². The molecule has 0 radical (unpaired) electrons. The first-order valence-corrected chi connectivity index (χ1v) is 7.82. The molecule has 0 saturated carbocycles. The van der Waals surface area contributed by atoms with Gasteiger partial charge in [0, 0.05) is 24.7 Å². The predicted molar refractivity (Wildman–Crippen MR) is 88.9 cm³/mol. The number of hydrogen-bond donors (Lipinski definition) is 1. The molecule has 1 aromatic carbocycles. The summed E-state index contributed by atoms with van der Waals surface area (Å²) in [7, 11) is 0. The fourth-order valence-electron chi connectivity index (χ4n) is 2.72. The zero-order chi connectivity index (χ0) is 17.1. The van der Waals surface area contributed by atoms with Crippen molar-refractivity contribution in [2.24, 2.45) is 5.73 Å². The van der Waals surface area contributed by atoms with Gasteiger partial charge in [0.2, 0.25) is 5.88 Å². The van der Waals surface area contributed by atoms with Crippen LogP contribution in [0.3, 0.4) is 0 Å². The maximum Gasteiger partial charge on any atom is 0.254 e. The zero-order valence-corrected chi connectivity index (χ0v) is 13.4. The van der Waals surface area contributed by atoms with Crippen molar-refractivity contribution in [2.45, 2.75) is 19.4 Å². The summed E-state index contributed by atoms with van der Waals surface area (Å²) >= 11 is 0. The number of aryl methyl sites for hydroxylation is 1. The van der Waals surface area contributed by atoms with Crippen LogP contribution in [0, 0.1) is 6.92 Å². The van der Waals surface area contributed by atoms with Crippen molar-refractivity contribution >= 4 is 11.8 Å². The molecule has 3 rings (SSSR count). The van der Waals surface area contributed by atoms with E-state index in [1.165, 1.54) is 0 Å². The van der Waals surface area contributed by atoms with Crippen LogP contribution in [0.5, 0.6) is 5.88 Å². The molecule has 2 aromatic rings. The van der Waals surface area contributed by atoms with Gasteiger partial charge in [0.15, 0.2) is 0 Å². The van der Waals surface area contributed by atoms with E-state index in [9.17, 15) is 9.59 Å². The molecule has 2 amide bonds. The largest absolute Gasteiger partial charge is 0.472 e. The van der Waals surface area contributed by atoms with Crippen molar-refractivity contribution < 1.29 is 14.3 Å². The van der Waals surface area contributed by atoms with Crippen LogP contribution in [0.2, 0.25) is 0 Å². The average molecular weight is 325 g/mol. The van der Waals surface area contributed by atoms with E-state index >= 15 is 0 Å². The van der Waals surface area contributed by atoms with Crippen molar-refractivity contribution in [3.05, 3.63) is 59.3 Å². The number of likely N-dealkylation sites (tertiary alicyclic amines) is 1. The lowest BCUT2D eigenvalue weighted by Crippen LogP contribution is -2.31. The van der Waals surface area contributed by atoms with Gasteiger partial charge in [0.05, 0.1) is 6.54 Å². The molecule has 0 bridgehead atoms. The molecule has 1 atom stereocenters. The first-order valence-electron chi connectivity index (χ1n) is 7.82. The number of amides is 2. The third-order valence-corrected chi connectivity index (χ3v) is 4.05. The van der Waals surface area contributed by atoms with Gasteiger partial charge in [-0.3, -0.25) is 9.59 Å². The Morgan fingerprint density at radius 3 is 2.71 bits per heavy atom. The van der Waals surface area contributed by atoms with Gasteiger partial charge in [0.25, 0.3) is 11.8 Å². The van der Waals surface area contributed by atoms with Gasteiger partial charge in [-0.25, -0.2) is 4.98 Å². The van der Waals surface area contributed by atoms with Crippen LogP contribution in [0.25, 0.3) is 0 Å². The highest BCUT2D eigenvalue weighted by Crippen LogP contribution is 2.21. The van der Waals surface area contributed by atoms with E-state index in [-0.39, 0.29) is 23.5 Å². The first kappa shape index (κ1) is 16.0. The van der Waals surface area contributed by atoms with Crippen LogP contribution in [0.15, 0.2) is 42.6 Å². The number of carbonyl (C=O) groups excluding carboxylic acids is 2. The molecular formula is C18H19N3O3. The summed E-state index contributed by atoms with van der Waals surface area (Å²) in [6.07, 6.45) is 2.03. The number of nitrogens with two attached hydrogens (primary N) is 1. The van der Waals surface area contributed by atoms with Crippen LogP contribution in [-0.4, -0.2) is 40.9 Å². The molecule has 1 saturated heterocycles. The van der Waals surface area contributed by atoms with Crippen molar-refractivity contribution in [3.63, 3.8) is 0 Å². The highest BCUT2D eigenvalue weighted by molar-refractivity contribution is 5.95. The Balaban J connectivity index is 1.67. The molecule has 6 nitrogen and oxygen atoms in total. The molecule has 1 aliphatic heterocycles. The van der Waals surface area contributed by atoms with E-state index < -0.39 is 5.91 Å². The summed E-state index contributed by atoms with van der Waals surface area (Å²) in [5, 5.41) is 0. The van der Waals surface area contributed by atoms with Gasteiger partial charge in [-0.15, -0.1) is 0 Å². The third kappa shape index (κ3) is 3.37. The molecule has 1 unspecified atom stereocenters. The maximum atomic E-state index is 12.5. The van der Waals surface area contributed by atoms with Crippen LogP contribution in [0.1, 0.15) is 32.7 Å². The number of nitrogens with zero attached hydrogens (tertiary/aromatic N) is 2. The minimum Gasteiger partial charge on any atom is -0.472 e.